The molecule has 3 heteroatoms. The molecule has 1 nitrogen and oxygen atoms in total. The summed E-state index contributed by atoms with van der Waals surface area (Å²) in [6.45, 7) is 5.89. The lowest BCUT2D eigenvalue weighted by molar-refractivity contribution is 0.348. The Balaban J connectivity index is 0.000000810. The Morgan fingerprint density at radius 3 is 2.70 bits per heavy atom. The zero-order valence-electron chi connectivity index (χ0n) is 6.35. The molecule has 0 aliphatic carbocycles. The van der Waals surface area contributed by atoms with Gasteiger partial charge in [0.25, 0.3) is 0 Å². The van der Waals surface area contributed by atoms with Crippen molar-refractivity contribution in [2.75, 3.05) is 25.5 Å². The first-order valence-electron chi connectivity index (χ1n) is 3.61. The van der Waals surface area contributed by atoms with E-state index in [-0.39, 0.29) is 12.4 Å². The summed E-state index contributed by atoms with van der Waals surface area (Å²) in [5.74, 6) is 1.68. The molecule has 1 fully saturated rings. The Morgan fingerprint density at radius 1 is 1.60 bits per heavy atom. The summed E-state index contributed by atoms with van der Waals surface area (Å²) in [5, 5.41) is 0. The summed E-state index contributed by atoms with van der Waals surface area (Å²) in [4.78, 5) is 2.43. The molecule has 0 bridgehead atoms. The van der Waals surface area contributed by atoms with Crippen LogP contribution in [0.5, 0.6) is 0 Å². The molecule has 10 heavy (non-hydrogen) atoms. The van der Waals surface area contributed by atoms with Crippen molar-refractivity contribution < 1.29 is 0 Å². The molecule has 0 aromatic carbocycles. The summed E-state index contributed by atoms with van der Waals surface area (Å²) in [7, 11) is 0. The van der Waals surface area contributed by atoms with Crippen molar-refractivity contribution in [3.05, 3.63) is 0 Å². The van der Waals surface area contributed by atoms with Crippen LogP contribution in [0, 0.1) is 5.92 Å². The van der Waals surface area contributed by atoms with Gasteiger partial charge in [-0.25, -0.2) is 0 Å². The lowest BCUT2D eigenvalue weighted by atomic mass is 10.2. The molecular weight excluding hydrogens is 169 g/mol. The normalized spacial score (nSPS) is 26.4. The maximum absolute atomic E-state index is 5.59. The van der Waals surface area contributed by atoms with Gasteiger partial charge in [-0.05, 0) is 18.9 Å². The minimum atomic E-state index is 0. The summed E-state index contributed by atoms with van der Waals surface area (Å²) in [6.07, 6.45) is 1.36. The van der Waals surface area contributed by atoms with E-state index in [0.717, 1.165) is 18.3 Å². The van der Waals surface area contributed by atoms with Crippen LogP contribution in [0.3, 0.4) is 0 Å². The molecule has 1 atom stereocenters. The third-order valence-electron chi connectivity index (χ3n) is 1.91. The van der Waals surface area contributed by atoms with Gasteiger partial charge in [0.1, 0.15) is 0 Å². The summed E-state index contributed by atoms with van der Waals surface area (Å²) in [5.41, 5.74) is 0. The minimum absolute atomic E-state index is 0. The molecule has 0 N–H and O–H groups in total. The molecule has 0 unspecified atom stereocenters. The van der Waals surface area contributed by atoms with Gasteiger partial charge < -0.3 is 4.90 Å². The lowest BCUT2D eigenvalue weighted by Crippen LogP contribution is -2.22. The van der Waals surface area contributed by atoms with E-state index in [1.807, 2.05) is 0 Å². The quantitative estimate of drug-likeness (QED) is 0.593. The first kappa shape index (κ1) is 10.5. The average molecular weight is 184 g/mol. The number of nitrogens with zero attached hydrogens (tertiary/aromatic N) is 1. The third-order valence-corrected chi connectivity index (χ3v) is 2.08. The maximum Gasteiger partial charge on any atom is 0.0351 e. The van der Waals surface area contributed by atoms with E-state index in [9.17, 15) is 0 Å². The van der Waals surface area contributed by atoms with E-state index in [1.54, 1.807) is 0 Å². The number of likely N-dealkylation sites (tertiary alicyclic amines) is 1. The Labute approximate surface area is 74.1 Å². The highest BCUT2D eigenvalue weighted by atomic mass is 35.5. The van der Waals surface area contributed by atoms with Crippen LogP contribution in [0.15, 0.2) is 0 Å². The molecule has 1 rings (SSSR count). The lowest BCUT2D eigenvalue weighted by Gasteiger charge is -2.11. The zero-order valence-corrected chi connectivity index (χ0v) is 7.92. The molecule has 62 valence electrons. The highest BCUT2D eigenvalue weighted by Gasteiger charge is 2.16. The Hall–Kier alpha value is 0.540. The van der Waals surface area contributed by atoms with Crippen molar-refractivity contribution >= 4 is 24.0 Å². The summed E-state index contributed by atoms with van der Waals surface area (Å²) in [6, 6.07) is 0. The van der Waals surface area contributed by atoms with Gasteiger partial charge in [0.15, 0.2) is 0 Å². The molecule has 1 aliphatic heterocycles. The molecule has 0 saturated carbocycles. The van der Waals surface area contributed by atoms with Crippen LogP contribution in [0.4, 0.5) is 0 Å². The Bertz CT molecular complexity index is 85.7. The minimum Gasteiger partial charge on any atom is -0.302 e. The molecule has 0 aromatic heterocycles. The fraction of sp³-hybridized carbons (Fsp3) is 1.00. The SMILES string of the molecule is C[C@@H]1CCN(CCCl)C1.Cl. The molecule has 1 saturated heterocycles. The second-order valence-corrected chi connectivity index (χ2v) is 3.26. The van der Waals surface area contributed by atoms with Crippen molar-refractivity contribution in [3.63, 3.8) is 0 Å². The van der Waals surface area contributed by atoms with E-state index in [1.165, 1.54) is 19.5 Å². The maximum atomic E-state index is 5.59. The van der Waals surface area contributed by atoms with Crippen LogP contribution < -0.4 is 0 Å². The average Bonchev–Trinajstić information content (AvgIpc) is 2.17. The van der Waals surface area contributed by atoms with Crippen LogP contribution in [0.1, 0.15) is 13.3 Å². The summed E-state index contributed by atoms with van der Waals surface area (Å²) >= 11 is 5.59. The Morgan fingerprint density at radius 2 is 2.30 bits per heavy atom. The molecule has 0 aromatic rings. The monoisotopic (exact) mass is 183 g/mol. The standard InChI is InChI=1S/C7H14ClN.ClH/c1-7-2-4-9(6-7)5-3-8;/h7H,2-6H2,1H3;1H/t7-;/m1./s1. The fourth-order valence-electron chi connectivity index (χ4n) is 1.35. The van der Waals surface area contributed by atoms with E-state index in [0.29, 0.717) is 0 Å². The molecule has 1 heterocycles. The van der Waals surface area contributed by atoms with Gasteiger partial charge in [0.2, 0.25) is 0 Å². The van der Waals surface area contributed by atoms with E-state index >= 15 is 0 Å². The van der Waals surface area contributed by atoms with Crippen LogP contribution in [0.25, 0.3) is 0 Å². The smallest absolute Gasteiger partial charge is 0.0351 e. The molecule has 1 aliphatic rings. The third kappa shape index (κ3) is 3.09. The highest BCUT2D eigenvalue weighted by molar-refractivity contribution is 6.18. The fourth-order valence-corrected chi connectivity index (χ4v) is 1.59. The van der Waals surface area contributed by atoms with E-state index in [2.05, 4.69) is 11.8 Å². The first-order valence-corrected chi connectivity index (χ1v) is 4.14. The predicted molar refractivity (Wildman–Crippen MR) is 48.2 cm³/mol. The first-order chi connectivity index (χ1) is 4.33. The van der Waals surface area contributed by atoms with Crippen LogP contribution in [0.2, 0.25) is 0 Å². The zero-order chi connectivity index (χ0) is 6.69. The molecule has 0 spiro atoms. The predicted octanol–water partition coefficient (Wildman–Crippen LogP) is 1.99. The van der Waals surface area contributed by atoms with E-state index < -0.39 is 0 Å². The summed E-state index contributed by atoms with van der Waals surface area (Å²) < 4.78 is 0. The Kier molecular flexibility index (Phi) is 5.51. The van der Waals surface area contributed by atoms with Gasteiger partial charge in [-0.3, -0.25) is 0 Å². The van der Waals surface area contributed by atoms with Crippen LogP contribution in [-0.4, -0.2) is 30.4 Å². The van der Waals surface area contributed by atoms with Crippen molar-refractivity contribution in [2.45, 2.75) is 13.3 Å². The largest absolute Gasteiger partial charge is 0.302 e. The van der Waals surface area contributed by atoms with Gasteiger partial charge in [-0.15, -0.1) is 24.0 Å². The topological polar surface area (TPSA) is 3.24 Å². The van der Waals surface area contributed by atoms with Gasteiger partial charge in [0, 0.05) is 19.0 Å². The van der Waals surface area contributed by atoms with Gasteiger partial charge in [-0.1, -0.05) is 6.92 Å². The number of hydrogen-bond donors (Lipinski definition) is 0. The number of halogens is 2. The second kappa shape index (κ2) is 5.22. The number of rotatable bonds is 2. The second-order valence-electron chi connectivity index (χ2n) is 2.88. The van der Waals surface area contributed by atoms with Crippen molar-refractivity contribution in [3.8, 4) is 0 Å². The molecule has 0 amide bonds. The van der Waals surface area contributed by atoms with Crippen molar-refractivity contribution in [1.82, 2.24) is 4.90 Å². The molecule has 0 radical (unpaired) electrons. The van der Waals surface area contributed by atoms with E-state index in [4.69, 9.17) is 11.6 Å². The van der Waals surface area contributed by atoms with Gasteiger partial charge in [-0.2, -0.15) is 0 Å². The molecular formula is C7H15Cl2N. The highest BCUT2D eigenvalue weighted by Crippen LogP contribution is 2.13. The van der Waals surface area contributed by atoms with Gasteiger partial charge in [0.05, 0.1) is 0 Å². The van der Waals surface area contributed by atoms with Crippen molar-refractivity contribution in [2.24, 2.45) is 5.92 Å². The number of alkyl halides is 1. The van der Waals surface area contributed by atoms with Crippen LogP contribution in [-0.2, 0) is 0 Å². The van der Waals surface area contributed by atoms with Gasteiger partial charge >= 0.3 is 0 Å². The van der Waals surface area contributed by atoms with Crippen molar-refractivity contribution in [1.29, 1.82) is 0 Å². The van der Waals surface area contributed by atoms with Crippen LogP contribution >= 0.6 is 24.0 Å². The number of hydrogen-bond acceptors (Lipinski definition) is 1.